The number of hydrogen-bond acceptors (Lipinski definition) is 2. The van der Waals surface area contributed by atoms with E-state index < -0.39 is 0 Å². The molecule has 2 rings (SSSR count). The van der Waals surface area contributed by atoms with Crippen LogP contribution in [0, 0.1) is 0 Å². The number of aryl methyl sites for hydroxylation is 1. The lowest BCUT2D eigenvalue weighted by Crippen LogP contribution is -2.44. The normalized spacial score (nSPS) is 15.7. The second-order valence-electron chi connectivity index (χ2n) is 6.27. The predicted molar refractivity (Wildman–Crippen MR) is 92.0 cm³/mol. The smallest absolute Gasteiger partial charge is 0.319 e. The second-order valence-corrected chi connectivity index (χ2v) is 6.27. The van der Waals surface area contributed by atoms with Gasteiger partial charge < -0.3 is 11.5 Å². The van der Waals surface area contributed by atoms with Crippen molar-refractivity contribution in [1.82, 2.24) is 0 Å². The Balaban J connectivity index is 1.98. The SMILES string of the molecule is NCCCCCc1ccc(N(C(N)=O)C2CCCCC2)cc1. The molecule has 4 heteroatoms. The Bertz CT molecular complexity index is 452. The van der Waals surface area contributed by atoms with Gasteiger partial charge in [0.15, 0.2) is 0 Å². The lowest BCUT2D eigenvalue weighted by atomic mass is 9.94. The summed E-state index contributed by atoms with van der Waals surface area (Å²) in [7, 11) is 0. The van der Waals surface area contributed by atoms with Crippen molar-refractivity contribution in [3.8, 4) is 0 Å². The van der Waals surface area contributed by atoms with Gasteiger partial charge in [-0.2, -0.15) is 0 Å². The molecule has 0 bridgehead atoms. The van der Waals surface area contributed by atoms with E-state index in [-0.39, 0.29) is 12.1 Å². The molecule has 1 aliphatic carbocycles. The van der Waals surface area contributed by atoms with Crippen LogP contribution in [0.2, 0.25) is 0 Å². The summed E-state index contributed by atoms with van der Waals surface area (Å²) in [5.41, 5.74) is 13.4. The number of urea groups is 1. The molecule has 4 N–H and O–H groups in total. The fourth-order valence-corrected chi connectivity index (χ4v) is 3.33. The van der Waals surface area contributed by atoms with Gasteiger partial charge in [0.2, 0.25) is 0 Å². The molecule has 0 spiro atoms. The Morgan fingerprint density at radius 2 is 1.73 bits per heavy atom. The molecule has 0 aromatic heterocycles. The van der Waals surface area contributed by atoms with E-state index in [4.69, 9.17) is 11.5 Å². The van der Waals surface area contributed by atoms with E-state index in [1.165, 1.54) is 37.7 Å². The zero-order chi connectivity index (χ0) is 15.8. The summed E-state index contributed by atoms with van der Waals surface area (Å²) in [6, 6.07) is 8.26. The van der Waals surface area contributed by atoms with E-state index in [0.717, 1.165) is 37.9 Å². The van der Waals surface area contributed by atoms with Crippen LogP contribution in [0.4, 0.5) is 10.5 Å². The van der Waals surface area contributed by atoms with Crippen LogP contribution in [-0.2, 0) is 6.42 Å². The molecule has 1 fully saturated rings. The summed E-state index contributed by atoms with van der Waals surface area (Å²) in [6.45, 7) is 0.772. The molecular weight excluding hydrogens is 274 g/mol. The highest BCUT2D eigenvalue weighted by Crippen LogP contribution is 2.27. The van der Waals surface area contributed by atoms with Crippen LogP contribution in [-0.4, -0.2) is 18.6 Å². The Morgan fingerprint density at radius 3 is 2.32 bits per heavy atom. The summed E-state index contributed by atoms with van der Waals surface area (Å²) in [5.74, 6) is 0. The first-order valence-corrected chi connectivity index (χ1v) is 8.60. The highest BCUT2D eigenvalue weighted by molar-refractivity contribution is 5.91. The van der Waals surface area contributed by atoms with Gasteiger partial charge in [0, 0.05) is 11.7 Å². The number of anilines is 1. The van der Waals surface area contributed by atoms with Crippen molar-refractivity contribution in [2.75, 3.05) is 11.4 Å². The van der Waals surface area contributed by atoms with Crippen molar-refractivity contribution in [1.29, 1.82) is 0 Å². The molecule has 0 atom stereocenters. The third-order valence-electron chi connectivity index (χ3n) is 4.56. The van der Waals surface area contributed by atoms with Gasteiger partial charge in [-0.1, -0.05) is 37.8 Å². The minimum absolute atomic E-state index is 0.265. The van der Waals surface area contributed by atoms with Crippen molar-refractivity contribution in [3.63, 3.8) is 0 Å². The Labute approximate surface area is 133 Å². The molecule has 0 radical (unpaired) electrons. The quantitative estimate of drug-likeness (QED) is 0.756. The fraction of sp³-hybridized carbons (Fsp3) is 0.611. The summed E-state index contributed by atoms with van der Waals surface area (Å²) in [6.07, 6.45) is 10.3. The van der Waals surface area contributed by atoms with Crippen molar-refractivity contribution < 1.29 is 4.79 Å². The number of amides is 2. The van der Waals surface area contributed by atoms with E-state index >= 15 is 0 Å². The molecule has 4 nitrogen and oxygen atoms in total. The number of rotatable bonds is 7. The first kappa shape index (κ1) is 16.8. The summed E-state index contributed by atoms with van der Waals surface area (Å²) in [5, 5.41) is 0. The standard InChI is InChI=1S/C18H29N3O/c19-14-6-2-3-7-15-10-12-17(13-11-15)21(18(20)22)16-8-4-1-5-9-16/h10-13,16H,1-9,14,19H2,(H2,20,22). The molecule has 1 saturated carbocycles. The molecule has 0 heterocycles. The topological polar surface area (TPSA) is 72.3 Å². The molecule has 1 aromatic rings. The van der Waals surface area contributed by atoms with Crippen molar-refractivity contribution in [2.45, 2.75) is 63.8 Å². The first-order valence-electron chi connectivity index (χ1n) is 8.60. The van der Waals surface area contributed by atoms with Gasteiger partial charge in [0.1, 0.15) is 0 Å². The maximum Gasteiger partial charge on any atom is 0.319 e. The molecule has 1 aliphatic rings. The molecule has 0 unspecified atom stereocenters. The van der Waals surface area contributed by atoms with Crippen molar-refractivity contribution in [3.05, 3.63) is 29.8 Å². The maximum atomic E-state index is 11.9. The molecule has 1 aromatic carbocycles. The number of nitrogens with two attached hydrogens (primary N) is 2. The van der Waals surface area contributed by atoms with Gasteiger partial charge in [0.25, 0.3) is 0 Å². The zero-order valence-corrected chi connectivity index (χ0v) is 13.5. The molecule has 122 valence electrons. The monoisotopic (exact) mass is 303 g/mol. The third-order valence-corrected chi connectivity index (χ3v) is 4.56. The van der Waals surface area contributed by atoms with Crippen LogP contribution in [0.25, 0.3) is 0 Å². The van der Waals surface area contributed by atoms with E-state index in [1.54, 1.807) is 4.90 Å². The van der Waals surface area contributed by atoms with Crippen LogP contribution in [0.15, 0.2) is 24.3 Å². The molecular formula is C18H29N3O. The number of carbonyl (C=O) groups is 1. The highest BCUT2D eigenvalue weighted by Gasteiger charge is 2.25. The molecule has 22 heavy (non-hydrogen) atoms. The van der Waals surface area contributed by atoms with Crippen LogP contribution in [0.5, 0.6) is 0 Å². The van der Waals surface area contributed by atoms with Gasteiger partial charge >= 0.3 is 6.03 Å². The number of primary amides is 1. The van der Waals surface area contributed by atoms with E-state index in [0.29, 0.717) is 0 Å². The molecule has 2 amide bonds. The first-order chi connectivity index (χ1) is 10.7. The summed E-state index contributed by atoms with van der Waals surface area (Å²) >= 11 is 0. The lowest BCUT2D eigenvalue weighted by molar-refractivity contribution is 0.249. The van der Waals surface area contributed by atoms with Crippen LogP contribution < -0.4 is 16.4 Å². The maximum absolute atomic E-state index is 11.9. The second kappa shape index (κ2) is 8.79. The minimum atomic E-state index is -0.331. The van der Waals surface area contributed by atoms with E-state index in [1.807, 2.05) is 12.1 Å². The number of hydrogen-bond donors (Lipinski definition) is 2. The number of carbonyl (C=O) groups excluding carboxylic acids is 1. The fourth-order valence-electron chi connectivity index (χ4n) is 3.33. The van der Waals surface area contributed by atoms with Gasteiger partial charge in [0.05, 0.1) is 0 Å². The highest BCUT2D eigenvalue weighted by atomic mass is 16.2. The Hall–Kier alpha value is -1.55. The van der Waals surface area contributed by atoms with Crippen molar-refractivity contribution >= 4 is 11.7 Å². The van der Waals surface area contributed by atoms with Gasteiger partial charge in [-0.05, 0) is 56.3 Å². The average molecular weight is 303 g/mol. The zero-order valence-electron chi connectivity index (χ0n) is 13.5. The predicted octanol–water partition coefficient (Wildman–Crippen LogP) is 3.58. The lowest BCUT2D eigenvalue weighted by Gasteiger charge is -2.33. The van der Waals surface area contributed by atoms with E-state index in [9.17, 15) is 4.79 Å². The largest absolute Gasteiger partial charge is 0.351 e. The summed E-state index contributed by atoms with van der Waals surface area (Å²) in [4.78, 5) is 13.7. The van der Waals surface area contributed by atoms with Gasteiger partial charge in [-0.15, -0.1) is 0 Å². The van der Waals surface area contributed by atoms with Gasteiger partial charge in [-0.25, -0.2) is 4.79 Å². The Kier molecular flexibility index (Phi) is 6.72. The average Bonchev–Trinajstić information content (AvgIpc) is 2.54. The van der Waals surface area contributed by atoms with Crippen molar-refractivity contribution in [2.24, 2.45) is 11.5 Å². The number of benzene rings is 1. The molecule has 0 saturated heterocycles. The van der Waals surface area contributed by atoms with E-state index in [2.05, 4.69) is 12.1 Å². The Morgan fingerprint density at radius 1 is 1.05 bits per heavy atom. The summed E-state index contributed by atoms with van der Waals surface area (Å²) < 4.78 is 0. The molecule has 0 aliphatic heterocycles. The van der Waals surface area contributed by atoms with Crippen LogP contribution in [0.1, 0.15) is 56.9 Å². The number of unbranched alkanes of at least 4 members (excludes halogenated alkanes) is 2. The third kappa shape index (κ3) is 4.73. The minimum Gasteiger partial charge on any atom is -0.351 e. The number of nitrogens with zero attached hydrogens (tertiary/aromatic N) is 1. The van der Waals surface area contributed by atoms with Gasteiger partial charge in [-0.3, -0.25) is 4.90 Å². The van der Waals surface area contributed by atoms with Crippen LogP contribution in [0.3, 0.4) is 0 Å². The van der Waals surface area contributed by atoms with Crippen LogP contribution >= 0.6 is 0 Å².